The van der Waals surface area contributed by atoms with E-state index in [2.05, 4.69) is 11.9 Å². The van der Waals surface area contributed by atoms with E-state index < -0.39 is 24.3 Å². The number of carbonyl (C=O) groups is 1. The number of aliphatic hydroxyl groups is 3. The van der Waals surface area contributed by atoms with Gasteiger partial charge in [0.25, 0.3) is 0 Å². The fourth-order valence-electron chi connectivity index (χ4n) is 3.32. The van der Waals surface area contributed by atoms with Crippen molar-refractivity contribution in [3.63, 3.8) is 0 Å². The van der Waals surface area contributed by atoms with Gasteiger partial charge in [-0.1, -0.05) is 62.6 Å². The maximum Gasteiger partial charge on any atom is 0.303 e. The molecule has 1 aromatic heterocycles. The van der Waals surface area contributed by atoms with Crippen LogP contribution in [0, 0.1) is 0 Å². The van der Waals surface area contributed by atoms with Crippen LogP contribution in [0.2, 0.25) is 0 Å². The van der Waals surface area contributed by atoms with Crippen molar-refractivity contribution in [3.8, 4) is 0 Å². The zero-order valence-electron chi connectivity index (χ0n) is 16.9. The van der Waals surface area contributed by atoms with Crippen molar-refractivity contribution in [2.45, 2.75) is 70.2 Å². The summed E-state index contributed by atoms with van der Waals surface area (Å²) in [6.07, 6.45) is 6.37. The lowest BCUT2D eigenvalue weighted by Gasteiger charge is -2.15. The van der Waals surface area contributed by atoms with Gasteiger partial charge in [-0.15, -0.1) is 0 Å². The highest BCUT2D eigenvalue weighted by atomic mass is 16.4. The summed E-state index contributed by atoms with van der Waals surface area (Å²) in [5.74, 6) is -0.920. The number of pyridine rings is 1. The second-order valence-corrected chi connectivity index (χ2v) is 7.36. The Labute approximate surface area is 171 Å². The molecule has 0 aliphatic heterocycles. The molecule has 2 rings (SSSR count). The number of aromatic nitrogens is 1. The van der Waals surface area contributed by atoms with Gasteiger partial charge in [0.1, 0.15) is 0 Å². The summed E-state index contributed by atoms with van der Waals surface area (Å²) in [5.41, 5.74) is 1.44. The molecule has 4 N–H and O–H groups in total. The Kier molecular flexibility index (Phi) is 9.25. The van der Waals surface area contributed by atoms with Gasteiger partial charge in [0.15, 0.2) is 0 Å². The average molecular weight is 402 g/mol. The van der Waals surface area contributed by atoms with E-state index in [-0.39, 0.29) is 12.8 Å². The molecule has 6 heteroatoms. The summed E-state index contributed by atoms with van der Waals surface area (Å²) in [4.78, 5) is 15.0. The third-order valence-corrected chi connectivity index (χ3v) is 5.01. The minimum Gasteiger partial charge on any atom is -0.481 e. The fraction of sp³-hybridized carbons (Fsp3) is 0.478. The summed E-state index contributed by atoms with van der Waals surface area (Å²) in [6, 6.07) is 7.68. The standard InChI is InChI=1S/C23H31NO5/c1-2-3-4-10-21(27)23-18-9-6-5-8-17(18)16(15-24-23)13-14-20(26)19(25)11-7-12-22(28)29/h5-6,8-9,13-15,19-21,25-27H,2-4,7,10-12H2,1H3,(H,28,29)/t19?,20?,21-/m0/s1. The van der Waals surface area contributed by atoms with Crippen LogP contribution in [-0.4, -0.2) is 43.6 Å². The molecule has 6 nitrogen and oxygen atoms in total. The molecular weight excluding hydrogens is 370 g/mol. The summed E-state index contributed by atoms with van der Waals surface area (Å²) in [6.45, 7) is 2.12. The number of benzene rings is 1. The molecule has 0 radical (unpaired) electrons. The molecule has 1 heterocycles. The smallest absolute Gasteiger partial charge is 0.303 e. The van der Waals surface area contributed by atoms with Crippen LogP contribution in [0.1, 0.15) is 69.2 Å². The average Bonchev–Trinajstić information content (AvgIpc) is 2.71. The SMILES string of the molecule is CCCCC[C@H](O)c1ncc(C=CC(O)C(O)CCCC(=O)O)c2ccccc12. The molecule has 2 aromatic rings. The third kappa shape index (κ3) is 6.92. The van der Waals surface area contributed by atoms with Gasteiger partial charge in [-0.2, -0.15) is 0 Å². The Morgan fingerprint density at radius 2 is 1.79 bits per heavy atom. The van der Waals surface area contributed by atoms with E-state index >= 15 is 0 Å². The first-order valence-corrected chi connectivity index (χ1v) is 10.3. The van der Waals surface area contributed by atoms with E-state index in [1.165, 1.54) is 6.08 Å². The predicted molar refractivity (Wildman–Crippen MR) is 113 cm³/mol. The predicted octanol–water partition coefficient (Wildman–Crippen LogP) is 3.84. The quantitative estimate of drug-likeness (QED) is 0.402. The van der Waals surface area contributed by atoms with Gasteiger partial charge in [0.05, 0.1) is 24.0 Å². The fourth-order valence-corrected chi connectivity index (χ4v) is 3.32. The van der Waals surface area contributed by atoms with E-state index in [4.69, 9.17) is 5.11 Å². The van der Waals surface area contributed by atoms with Crippen LogP contribution >= 0.6 is 0 Å². The molecule has 1 aromatic carbocycles. The first-order valence-electron chi connectivity index (χ1n) is 10.3. The van der Waals surface area contributed by atoms with Crippen molar-refractivity contribution in [2.75, 3.05) is 0 Å². The van der Waals surface area contributed by atoms with Crippen LogP contribution < -0.4 is 0 Å². The summed E-state index contributed by atoms with van der Waals surface area (Å²) < 4.78 is 0. The number of hydrogen-bond donors (Lipinski definition) is 4. The molecule has 0 saturated heterocycles. The van der Waals surface area contributed by atoms with Crippen LogP contribution in [0.3, 0.4) is 0 Å². The maximum absolute atomic E-state index is 10.6. The minimum atomic E-state index is -1.10. The normalized spacial score (nSPS) is 14.9. The highest BCUT2D eigenvalue weighted by molar-refractivity contribution is 5.92. The van der Waals surface area contributed by atoms with Crippen molar-refractivity contribution >= 4 is 22.8 Å². The lowest BCUT2D eigenvalue weighted by atomic mass is 9.99. The van der Waals surface area contributed by atoms with E-state index in [1.807, 2.05) is 24.3 Å². The number of rotatable bonds is 12. The topological polar surface area (TPSA) is 111 Å². The molecule has 0 aliphatic rings. The van der Waals surface area contributed by atoms with Gasteiger partial charge in [-0.25, -0.2) is 0 Å². The van der Waals surface area contributed by atoms with Gasteiger partial charge in [-0.3, -0.25) is 9.78 Å². The van der Waals surface area contributed by atoms with Gasteiger partial charge in [0, 0.05) is 23.6 Å². The lowest BCUT2D eigenvalue weighted by Crippen LogP contribution is -2.23. The van der Waals surface area contributed by atoms with Gasteiger partial charge in [-0.05, 0) is 24.6 Å². The van der Waals surface area contributed by atoms with Gasteiger partial charge < -0.3 is 20.4 Å². The molecule has 29 heavy (non-hydrogen) atoms. The Morgan fingerprint density at radius 1 is 1.07 bits per heavy atom. The molecule has 0 aliphatic carbocycles. The molecule has 0 bridgehead atoms. The number of carboxylic acids is 1. The Bertz CT molecular complexity index is 820. The number of aliphatic hydroxyl groups excluding tert-OH is 3. The summed E-state index contributed by atoms with van der Waals surface area (Å²) in [7, 11) is 0. The maximum atomic E-state index is 10.6. The van der Waals surface area contributed by atoms with Crippen LogP contribution in [0.25, 0.3) is 16.8 Å². The molecule has 0 spiro atoms. The summed E-state index contributed by atoms with van der Waals surface area (Å²) in [5, 5.41) is 41.1. The summed E-state index contributed by atoms with van der Waals surface area (Å²) >= 11 is 0. The first-order chi connectivity index (χ1) is 13.9. The molecular formula is C23H31NO5. The number of unbranched alkanes of at least 4 members (excludes halogenated alkanes) is 2. The zero-order chi connectivity index (χ0) is 21.2. The van der Waals surface area contributed by atoms with Crippen LogP contribution in [0.5, 0.6) is 0 Å². The number of aliphatic carboxylic acids is 1. The Hall–Kier alpha value is -2.28. The number of carboxylic acid groups (broad SMARTS) is 1. The van der Waals surface area contributed by atoms with Crippen LogP contribution in [0.15, 0.2) is 36.5 Å². The van der Waals surface area contributed by atoms with E-state index in [1.54, 1.807) is 12.3 Å². The second kappa shape index (κ2) is 11.7. The molecule has 0 saturated carbocycles. The lowest BCUT2D eigenvalue weighted by molar-refractivity contribution is -0.137. The van der Waals surface area contributed by atoms with Crippen LogP contribution in [0.4, 0.5) is 0 Å². The van der Waals surface area contributed by atoms with Crippen molar-refractivity contribution < 1.29 is 25.2 Å². The van der Waals surface area contributed by atoms with Gasteiger partial charge in [0.2, 0.25) is 0 Å². The Morgan fingerprint density at radius 3 is 2.48 bits per heavy atom. The second-order valence-electron chi connectivity index (χ2n) is 7.36. The first kappa shape index (κ1) is 23.0. The number of hydrogen-bond acceptors (Lipinski definition) is 5. The monoisotopic (exact) mass is 401 g/mol. The zero-order valence-corrected chi connectivity index (χ0v) is 16.9. The molecule has 3 atom stereocenters. The van der Waals surface area contributed by atoms with E-state index in [0.29, 0.717) is 18.5 Å². The highest BCUT2D eigenvalue weighted by Gasteiger charge is 2.16. The van der Waals surface area contributed by atoms with Crippen molar-refractivity contribution in [2.24, 2.45) is 0 Å². The van der Waals surface area contributed by atoms with Crippen LogP contribution in [-0.2, 0) is 4.79 Å². The van der Waals surface area contributed by atoms with E-state index in [9.17, 15) is 20.1 Å². The molecule has 2 unspecified atom stereocenters. The van der Waals surface area contributed by atoms with Crippen molar-refractivity contribution in [1.82, 2.24) is 4.98 Å². The van der Waals surface area contributed by atoms with Crippen molar-refractivity contribution in [3.05, 3.63) is 47.8 Å². The largest absolute Gasteiger partial charge is 0.481 e. The number of nitrogens with zero attached hydrogens (tertiary/aromatic N) is 1. The van der Waals surface area contributed by atoms with E-state index in [0.717, 1.165) is 35.6 Å². The third-order valence-electron chi connectivity index (χ3n) is 5.01. The van der Waals surface area contributed by atoms with Crippen molar-refractivity contribution in [1.29, 1.82) is 0 Å². The van der Waals surface area contributed by atoms with Gasteiger partial charge >= 0.3 is 5.97 Å². The molecule has 158 valence electrons. The minimum absolute atomic E-state index is 0.0376. The number of fused-ring (bicyclic) bond motifs is 1. The Balaban J connectivity index is 2.14. The molecule has 0 amide bonds. The highest BCUT2D eigenvalue weighted by Crippen LogP contribution is 2.28. The molecule has 0 fully saturated rings.